The van der Waals surface area contributed by atoms with Gasteiger partial charge in [0, 0.05) is 25.4 Å². The number of H-pyrrole nitrogens is 1. The Balaban J connectivity index is 1.59. The summed E-state index contributed by atoms with van der Waals surface area (Å²) in [5.74, 6) is 0.590. The molecular formula is C14H14N6O. The number of carbonyl (C=O) groups is 1. The SMILES string of the molecule is O=C(NCCc1ncc[nH]1)c1cn(-c2ccccc2)nn1. The van der Waals surface area contributed by atoms with Crippen LogP contribution < -0.4 is 5.32 Å². The molecule has 0 atom stereocenters. The molecule has 0 spiro atoms. The number of amides is 1. The molecule has 2 aromatic heterocycles. The Morgan fingerprint density at radius 1 is 1.29 bits per heavy atom. The Morgan fingerprint density at radius 2 is 2.14 bits per heavy atom. The van der Waals surface area contributed by atoms with E-state index < -0.39 is 0 Å². The summed E-state index contributed by atoms with van der Waals surface area (Å²) in [7, 11) is 0. The fourth-order valence-electron chi connectivity index (χ4n) is 1.89. The fourth-order valence-corrected chi connectivity index (χ4v) is 1.89. The highest BCUT2D eigenvalue weighted by Gasteiger charge is 2.11. The van der Waals surface area contributed by atoms with Crippen LogP contribution in [0.15, 0.2) is 48.9 Å². The van der Waals surface area contributed by atoms with Crippen LogP contribution in [0.2, 0.25) is 0 Å². The molecule has 3 rings (SSSR count). The van der Waals surface area contributed by atoms with Gasteiger partial charge in [0.05, 0.1) is 11.9 Å². The van der Waals surface area contributed by atoms with Gasteiger partial charge in [-0.1, -0.05) is 23.4 Å². The van der Waals surface area contributed by atoms with Gasteiger partial charge in [0.15, 0.2) is 5.69 Å². The average molecular weight is 282 g/mol. The number of nitrogens with zero attached hydrogens (tertiary/aromatic N) is 4. The molecule has 1 aromatic carbocycles. The van der Waals surface area contributed by atoms with Gasteiger partial charge in [-0.15, -0.1) is 5.10 Å². The lowest BCUT2D eigenvalue weighted by atomic mass is 10.3. The number of hydrogen-bond acceptors (Lipinski definition) is 4. The number of aromatic amines is 1. The van der Waals surface area contributed by atoms with Gasteiger partial charge in [-0.3, -0.25) is 4.79 Å². The number of para-hydroxylation sites is 1. The summed E-state index contributed by atoms with van der Waals surface area (Å²) in [4.78, 5) is 19.0. The van der Waals surface area contributed by atoms with E-state index in [1.165, 1.54) is 0 Å². The van der Waals surface area contributed by atoms with Gasteiger partial charge >= 0.3 is 0 Å². The fraction of sp³-hybridized carbons (Fsp3) is 0.143. The zero-order chi connectivity index (χ0) is 14.5. The maximum atomic E-state index is 12.0. The van der Waals surface area contributed by atoms with Gasteiger partial charge in [-0.05, 0) is 12.1 Å². The van der Waals surface area contributed by atoms with Crippen molar-refractivity contribution in [2.24, 2.45) is 0 Å². The molecule has 0 unspecified atom stereocenters. The molecule has 0 bridgehead atoms. The van der Waals surface area contributed by atoms with Crippen LogP contribution >= 0.6 is 0 Å². The van der Waals surface area contributed by atoms with E-state index in [9.17, 15) is 4.79 Å². The third-order valence-corrected chi connectivity index (χ3v) is 2.95. The zero-order valence-corrected chi connectivity index (χ0v) is 11.2. The standard InChI is InChI=1S/C14H14N6O/c21-14(17-7-6-13-15-8-9-16-13)12-10-20(19-18-12)11-4-2-1-3-5-11/h1-5,8-10H,6-7H2,(H,15,16)(H,17,21). The molecule has 21 heavy (non-hydrogen) atoms. The minimum Gasteiger partial charge on any atom is -0.350 e. The first-order valence-electron chi connectivity index (χ1n) is 6.57. The Kier molecular flexibility index (Phi) is 3.72. The predicted molar refractivity (Wildman–Crippen MR) is 76.0 cm³/mol. The molecule has 0 saturated carbocycles. The van der Waals surface area contributed by atoms with Crippen LogP contribution in [-0.2, 0) is 6.42 Å². The van der Waals surface area contributed by atoms with E-state index in [0.717, 1.165) is 11.5 Å². The summed E-state index contributed by atoms with van der Waals surface area (Å²) in [6, 6.07) is 9.52. The van der Waals surface area contributed by atoms with Crippen molar-refractivity contribution < 1.29 is 4.79 Å². The molecule has 0 aliphatic rings. The van der Waals surface area contributed by atoms with E-state index in [1.54, 1.807) is 23.3 Å². The Labute approximate surface area is 121 Å². The molecule has 0 saturated heterocycles. The molecule has 3 aromatic rings. The van der Waals surface area contributed by atoms with Crippen molar-refractivity contribution in [2.45, 2.75) is 6.42 Å². The van der Waals surface area contributed by atoms with Crippen LogP contribution in [-0.4, -0.2) is 37.4 Å². The third-order valence-electron chi connectivity index (χ3n) is 2.95. The summed E-state index contributed by atoms with van der Waals surface area (Å²) < 4.78 is 1.57. The van der Waals surface area contributed by atoms with Crippen LogP contribution in [0.1, 0.15) is 16.3 Å². The van der Waals surface area contributed by atoms with Crippen LogP contribution in [0, 0.1) is 0 Å². The summed E-state index contributed by atoms with van der Waals surface area (Å²) in [5.41, 5.74) is 1.15. The lowest BCUT2D eigenvalue weighted by molar-refractivity contribution is 0.0949. The van der Waals surface area contributed by atoms with Crippen molar-refractivity contribution >= 4 is 5.91 Å². The molecule has 7 heteroatoms. The predicted octanol–water partition coefficient (Wildman–Crippen LogP) is 0.963. The van der Waals surface area contributed by atoms with Gasteiger partial charge in [0.25, 0.3) is 5.91 Å². The summed E-state index contributed by atoms with van der Waals surface area (Å²) in [5, 5.41) is 10.6. The summed E-state index contributed by atoms with van der Waals surface area (Å²) in [6.45, 7) is 0.491. The van der Waals surface area contributed by atoms with Gasteiger partial charge < -0.3 is 10.3 Å². The van der Waals surface area contributed by atoms with Crippen molar-refractivity contribution in [3.05, 3.63) is 60.4 Å². The topological polar surface area (TPSA) is 88.5 Å². The molecule has 1 amide bonds. The maximum absolute atomic E-state index is 12.0. The number of hydrogen-bond donors (Lipinski definition) is 2. The lowest BCUT2D eigenvalue weighted by Gasteiger charge is -2.00. The highest BCUT2D eigenvalue weighted by atomic mass is 16.2. The molecule has 0 aliphatic carbocycles. The first kappa shape index (κ1) is 13.0. The van der Waals surface area contributed by atoms with E-state index in [2.05, 4.69) is 25.6 Å². The largest absolute Gasteiger partial charge is 0.350 e. The smallest absolute Gasteiger partial charge is 0.273 e. The van der Waals surface area contributed by atoms with Crippen molar-refractivity contribution in [3.8, 4) is 5.69 Å². The highest BCUT2D eigenvalue weighted by Crippen LogP contribution is 2.05. The number of nitrogens with one attached hydrogen (secondary N) is 2. The minimum atomic E-state index is -0.247. The van der Waals surface area contributed by atoms with E-state index >= 15 is 0 Å². The highest BCUT2D eigenvalue weighted by molar-refractivity contribution is 5.91. The normalized spacial score (nSPS) is 10.5. The van der Waals surface area contributed by atoms with Crippen LogP contribution in [0.4, 0.5) is 0 Å². The molecule has 0 fully saturated rings. The second kappa shape index (κ2) is 6.00. The van der Waals surface area contributed by atoms with Crippen LogP contribution in [0.3, 0.4) is 0 Å². The third kappa shape index (κ3) is 3.14. The molecular weight excluding hydrogens is 268 g/mol. The lowest BCUT2D eigenvalue weighted by Crippen LogP contribution is -2.26. The van der Waals surface area contributed by atoms with Crippen molar-refractivity contribution in [1.82, 2.24) is 30.3 Å². The van der Waals surface area contributed by atoms with Gasteiger partial charge in [-0.2, -0.15) is 0 Å². The van der Waals surface area contributed by atoms with Crippen LogP contribution in [0.5, 0.6) is 0 Å². The zero-order valence-electron chi connectivity index (χ0n) is 11.2. The molecule has 2 heterocycles. The quantitative estimate of drug-likeness (QED) is 0.729. The van der Waals surface area contributed by atoms with Gasteiger partial charge in [0.1, 0.15) is 5.82 Å². The van der Waals surface area contributed by atoms with E-state index in [1.807, 2.05) is 30.3 Å². The Morgan fingerprint density at radius 3 is 2.90 bits per heavy atom. The number of rotatable bonds is 5. The number of aromatic nitrogens is 5. The maximum Gasteiger partial charge on any atom is 0.273 e. The minimum absolute atomic E-state index is 0.247. The van der Waals surface area contributed by atoms with Crippen molar-refractivity contribution in [3.63, 3.8) is 0 Å². The second-order valence-corrected chi connectivity index (χ2v) is 4.43. The first-order valence-corrected chi connectivity index (χ1v) is 6.57. The monoisotopic (exact) mass is 282 g/mol. The van der Waals surface area contributed by atoms with Crippen LogP contribution in [0.25, 0.3) is 5.69 Å². The molecule has 0 radical (unpaired) electrons. The van der Waals surface area contributed by atoms with Gasteiger partial charge in [-0.25, -0.2) is 9.67 Å². The average Bonchev–Trinajstić information content (AvgIpc) is 3.20. The molecule has 2 N–H and O–H groups in total. The van der Waals surface area contributed by atoms with Crippen molar-refractivity contribution in [1.29, 1.82) is 0 Å². The van der Waals surface area contributed by atoms with E-state index in [4.69, 9.17) is 0 Å². The van der Waals surface area contributed by atoms with Crippen molar-refractivity contribution in [2.75, 3.05) is 6.54 Å². The number of benzene rings is 1. The summed E-state index contributed by atoms with van der Waals surface area (Å²) >= 11 is 0. The molecule has 7 nitrogen and oxygen atoms in total. The van der Waals surface area contributed by atoms with Gasteiger partial charge in [0.2, 0.25) is 0 Å². The molecule has 0 aliphatic heterocycles. The molecule has 106 valence electrons. The number of carbonyl (C=O) groups excluding carboxylic acids is 1. The van der Waals surface area contributed by atoms with E-state index in [-0.39, 0.29) is 5.91 Å². The Hall–Kier alpha value is -2.96. The second-order valence-electron chi connectivity index (χ2n) is 4.43. The first-order chi connectivity index (χ1) is 10.3. The summed E-state index contributed by atoms with van der Waals surface area (Å²) in [6.07, 6.45) is 5.69. The Bertz CT molecular complexity index is 704. The van der Waals surface area contributed by atoms with E-state index in [0.29, 0.717) is 18.7 Å². The number of imidazole rings is 1.